The monoisotopic (exact) mass is 222 g/mol. The molecule has 16 heavy (non-hydrogen) atoms. The average Bonchev–Trinajstić information content (AvgIpc) is 2.30. The number of ether oxygens (including phenoxy) is 2. The molecule has 0 amide bonds. The van der Waals surface area contributed by atoms with Gasteiger partial charge in [0.2, 0.25) is 0 Å². The molecule has 2 heterocycles. The third kappa shape index (κ3) is 3.47. The van der Waals surface area contributed by atoms with Gasteiger partial charge in [-0.2, -0.15) is 0 Å². The number of rotatable bonds is 4. The molecule has 0 atom stereocenters. The third-order valence-electron chi connectivity index (χ3n) is 2.63. The molecule has 0 saturated carbocycles. The van der Waals surface area contributed by atoms with Gasteiger partial charge in [-0.1, -0.05) is 0 Å². The fourth-order valence-corrected chi connectivity index (χ4v) is 1.72. The van der Waals surface area contributed by atoms with E-state index >= 15 is 0 Å². The molecule has 1 aromatic rings. The van der Waals surface area contributed by atoms with Crippen LogP contribution in [0.1, 0.15) is 5.56 Å². The smallest absolute Gasteiger partial charge is 0.137 e. The van der Waals surface area contributed by atoms with Crippen molar-refractivity contribution in [3.05, 3.63) is 24.0 Å². The van der Waals surface area contributed by atoms with E-state index in [1.807, 2.05) is 19.2 Å². The average molecular weight is 222 g/mol. The van der Waals surface area contributed by atoms with Gasteiger partial charge in [0, 0.05) is 25.8 Å². The Kier molecular flexibility index (Phi) is 4.13. The second-order valence-corrected chi connectivity index (χ2v) is 4.00. The van der Waals surface area contributed by atoms with Crippen molar-refractivity contribution >= 4 is 0 Å². The molecule has 0 aliphatic carbocycles. The second-order valence-electron chi connectivity index (χ2n) is 4.00. The summed E-state index contributed by atoms with van der Waals surface area (Å²) in [6.45, 7) is 7.38. The third-order valence-corrected chi connectivity index (χ3v) is 2.63. The quantitative estimate of drug-likeness (QED) is 0.764. The molecule has 4 nitrogen and oxygen atoms in total. The van der Waals surface area contributed by atoms with Crippen LogP contribution in [0.3, 0.4) is 0 Å². The number of aryl methyl sites for hydroxylation is 1. The lowest BCUT2D eigenvalue weighted by atomic mass is 10.3. The lowest BCUT2D eigenvalue weighted by Gasteiger charge is -2.26. The van der Waals surface area contributed by atoms with Crippen LogP contribution in [0.5, 0.6) is 5.75 Å². The lowest BCUT2D eigenvalue weighted by Crippen LogP contribution is -2.38. The topological polar surface area (TPSA) is 34.6 Å². The fourth-order valence-electron chi connectivity index (χ4n) is 1.72. The first-order valence-corrected chi connectivity index (χ1v) is 5.69. The molecule has 0 unspecified atom stereocenters. The van der Waals surface area contributed by atoms with Crippen LogP contribution in [0.15, 0.2) is 18.5 Å². The number of hydrogen-bond acceptors (Lipinski definition) is 4. The molecule has 4 heteroatoms. The maximum absolute atomic E-state index is 5.64. The molecule has 0 radical (unpaired) electrons. The first-order valence-electron chi connectivity index (χ1n) is 5.69. The minimum absolute atomic E-state index is 0.713. The van der Waals surface area contributed by atoms with E-state index in [-0.39, 0.29) is 0 Å². The van der Waals surface area contributed by atoms with Crippen molar-refractivity contribution in [3.63, 3.8) is 0 Å². The molecule has 2 rings (SSSR count). The Morgan fingerprint density at radius 1 is 1.38 bits per heavy atom. The highest BCUT2D eigenvalue weighted by Gasteiger charge is 2.09. The van der Waals surface area contributed by atoms with Gasteiger partial charge in [-0.05, 0) is 18.6 Å². The molecular formula is C12H18N2O2. The Bertz CT molecular complexity index is 325. The van der Waals surface area contributed by atoms with Gasteiger partial charge >= 0.3 is 0 Å². The van der Waals surface area contributed by atoms with Crippen LogP contribution >= 0.6 is 0 Å². The molecule has 88 valence electrons. The van der Waals surface area contributed by atoms with Crippen LogP contribution < -0.4 is 4.74 Å². The largest absolute Gasteiger partial charge is 0.491 e. The summed E-state index contributed by atoms with van der Waals surface area (Å²) in [5, 5.41) is 0. The molecule has 1 fully saturated rings. The van der Waals surface area contributed by atoms with Crippen LogP contribution in [0.4, 0.5) is 0 Å². The highest BCUT2D eigenvalue weighted by atomic mass is 16.5. The van der Waals surface area contributed by atoms with Crippen molar-refractivity contribution in [1.29, 1.82) is 0 Å². The van der Waals surface area contributed by atoms with Crippen molar-refractivity contribution in [1.82, 2.24) is 9.88 Å². The van der Waals surface area contributed by atoms with Crippen LogP contribution in [-0.2, 0) is 4.74 Å². The van der Waals surface area contributed by atoms with E-state index in [0.717, 1.165) is 44.2 Å². The predicted molar refractivity (Wildman–Crippen MR) is 61.7 cm³/mol. The zero-order valence-electron chi connectivity index (χ0n) is 9.69. The molecule has 0 N–H and O–H groups in total. The predicted octanol–water partition coefficient (Wildman–Crippen LogP) is 1.10. The van der Waals surface area contributed by atoms with Crippen molar-refractivity contribution in [2.24, 2.45) is 0 Å². The van der Waals surface area contributed by atoms with E-state index in [2.05, 4.69) is 9.88 Å². The summed E-state index contributed by atoms with van der Waals surface area (Å²) >= 11 is 0. The van der Waals surface area contributed by atoms with Gasteiger partial charge in [-0.25, -0.2) is 0 Å². The maximum Gasteiger partial charge on any atom is 0.137 e. The Morgan fingerprint density at radius 3 is 2.94 bits per heavy atom. The minimum atomic E-state index is 0.713. The molecular weight excluding hydrogens is 204 g/mol. The highest BCUT2D eigenvalue weighted by molar-refractivity contribution is 5.22. The van der Waals surface area contributed by atoms with Crippen LogP contribution in [0.2, 0.25) is 0 Å². The molecule has 0 aromatic carbocycles. The van der Waals surface area contributed by atoms with Crippen molar-refractivity contribution in [2.45, 2.75) is 6.92 Å². The molecule has 0 bridgehead atoms. The summed E-state index contributed by atoms with van der Waals surface area (Å²) < 4.78 is 10.9. The molecule has 0 spiro atoms. The zero-order valence-corrected chi connectivity index (χ0v) is 9.69. The fraction of sp³-hybridized carbons (Fsp3) is 0.583. The van der Waals surface area contributed by atoms with Crippen LogP contribution in [0.25, 0.3) is 0 Å². The highest BCUT2D eigenvalue weighted by Crippen LogP contribution is 2.10. The van der Waals surface area contributed by atoms with E-state index < -0.39 is 0 Å². The van der Waals surface area contributed by atoms with Crippen molar-refractivity contribution in [3.8, 4) is 5.75 Å². The van der Waals surface area contributed by atoms with Gasteiger partial charge in [0.05, 0.1) is 19.4 Å². The number of aromatic nitrogens is 1. The van der Waals surface area contributed by atoms with E-state index in [9.17, 15) is 0 Å². The van der Waals surface area contributed by atoms with Gasteiger partial charge in [0.15, 0.2) is 0 Å². The summed E-state index contributed by atoms with van der Waals surface area (Å²) in [6, 6.07) is 2.01. The SMILES string of the molecule is Cc1cncc(OCCN2CCOCC2)c1. The normalized spacial score (nSPS) is 17.3. The standard InChI is InChI=1S/C12H18N2O2/c1-11-8-12(10-13-9-11)16-7-4-14-2-5-15-6-3-14/h8-10H,2-7H2,1H3. The Balaban J connectivity index is 1.71. The van der Waals surface area contributed by atoms with Gasteiger partial charge in [-0.3, -0.25) is 9.88 Å². The van der Waals surface area contributed by atoms with E-state index in [1.165, 1.54) is 0 Å². The van der Waals surface area contributed by atoms with Gasteiger partial charge in [0.25, 0.3) is 0 Å². The molecule has 1 aromatic heterocycles. The molecule has 1 saturated heterocycles. The lowest BCUT2D eigenvalue weighted by molar-refractivity contribution is 0.0322. The summed E-state index contributed by atoms with van der Waals surface area (Å²) in [5.74, 6) is 0.855. The van der Waals surface area contributed by atoms with E-state index in [1.54, 1.807) is 6.20 Å². The van der Waals surface area contributed by atoms with Crippen LogP contribution in [-0.4, -0.2) is 49.3 Å². The first kappa shape index (κ1) is 11.4. The minimum Gasteiger partial charge on any atom is -0.491 e. The van der Waals surface area contributed by atoms with Crippen molar-refractivity contribution in [2.75, 3.05) is 39.5 Å². The maximum atomic E-state index is 5.64. The summed E-state index contributed by atoms with van der Waals surface area (Å²) in [4.78, 5) is 6.44. The Hall–Kier alpha value is -1.13. The van der Waals surface area contributed by atoms with E-state index in [0.29, 0.717) is 6.61 Å². The second kappa shape index (κ2) is 5.82. The number of morpholine rings is 1. The number of hydrogen-bond donors (Lipinski definition) is 0. The zero-order chi connectivity index (χ0) is 11.2. The van der Waals surface area contributed by atoms with E-state index in [4.69, 9.17) is 9.47 Å². The summed E-state index contributed by atoms with van der Waals surface area (Å²) in [6.07, 6.45) is 3.58. The van der Waals surface area contributed by atoms with Gasteiger partial charge < -0.3 is 9.47 Å². The summed E-state index contributed by atoms with van der Waals surface area (Å²) in [5.41, 5.74) is 1.13. The number of nitrogens with zero attached hydrogens (tertiary/aromatic N) is 2. The van der Waals surface area contributed by atoms with Crippen LogP contribution in [0, 0.1) is 6.92 Å². The Morgan fingerprint density at radius 2 is 2.19 bits per heavy atom. The molecule has 1 aliphatic rings. The van der Waals surface area contributed by atoms with Gasteiger partial charge in [-0.15, -0.1) is 0 Å². The summed E-state index contributed by atoms with van der Waals surface area (Å²) in [7, 11) is 0. The molecule has 1 aliphatic heterocycles. The Labute approximate surface area is 96.2 Å². The van der Waals surface area contributed by atoms with Gasteiger partial charge in [0.1, 0.15) is 12.4 Å². The first-order chi connectivity index (χ1) is 7.84. The van der Waals surface area contributed by atoms with Crippen molar-refractivity contribution < 1.29 is 9.47 Å². The number of pyridine rings is 1.